The van der Waals surface area contributed by atoms with Crippen molar-refractivity contribution < 1.29 is 0 Å². The summed E-state index contributed by atoms with van der Waals surface area (Å²) in [5.41, 5.74) is 8.50. The van der Waals surface area contributed by atoms with Crippen molar-refractivity contribution in [1.82, 2.24) is 14.5 Å². The van der Waals surface area contributed by atoms with Gasteiger partial charge in [0.15, 0.2) is 0 Å². The van der Waals surface area contributed by atoms with E-state index >= 15 is 0 Å². The first-order valence-corrected chi connectivity index (χ1v) is 6.88. The van der Waals surface area contributed by atoms with Crippen molar-refractivity contribution in [3.8, 4) is 0 Å². The highest BCUT2D eigenvalue weighted by atomic mass is 15.2. The summed E-state index contributed by atoms with van der Waals surface area (Å²) in [4.78, 5) is 6.68. The number of nitrogen functional groups attached to an aromatic ring is 1. The Hall–Kier alpha value is -1.81. The SMILES string of the molecule is CC[C@@H]1c2cccn2CCN1Cc1cccnc1N. The first kappa shape index (κ1) is 12.2. The first-order valence-electron chi connectivity index (χ1n) is 6.88. The van der Waals surface area contributed by atoms with Crippen molar-refractivity contribution in [3.05, 3.63) is 47.9 Å². The van der Waals surface area contributed by atoms with Gasteiger partial charge in [0.05, 0.1) is 6.04 Å². The van der Waals surface area contributed by atoms with E-state index in [-0.39, 0.29) is 0 Å². The molecule has 4 heteroatoms. The molecule has 3 rings (SSSR count). The number of hydrogen-bond donors (Lipinski definition) is 1. The Morgan fingerprint density at radius 2 is 2.21 bits per heavy atom. The molecular weight excluding hydrogens is 236 g/mol. The summed E-state index contributed by atoms with van der Waals surface area (Å²) < 4.78 is 2.36. The highest BCUT2D eigenvalue weighted by Crippen LogP contribution is 2.30. The molecule has 0 unspecified atom stereocenters. The van der Waals surface area contributed by atoms with Gasteiger partial charge in [-0.25, -0.2) is 4.98 Å². The zero-order valence-corrected chi connectivity index (χ0v) is 11.3. The van der Waals surface area contributed by atoms with Crippen LogP contribution >= 0.6 is 0 Å². The predicted molar refractivity (Wildman–Crippen MR) is 76.5 cm³/mol. The number of pyridine rings is 1. The third kappa shape index (κ3) is 2.24. The molecule has 0 amide bonds. The van der Waals surface area contributed by atoms with E-state index in [2.05, 4.69) is 45.8 Å². The van der Waals surface area contributed by atoms with Crippen LogP contribution in [0.4, 0.5) is 5.82 Å². The number of nitrogens with two attached hydrogens (primary N) is 1. The number of anilines is 1. The normalized spacial score (nSPS) is 19.3. The van der Waals surface area contributed by atoms with Gasteiger partial charge in [-0.15, -0.1) is 0 Å². The minimum absolute atomic E-state index is 0.475. The highest BCUT2D eigenvalue weighted by molar-refractivity contribution is 5.38. The van der Waals surface area contributed by atoms with Crippen molar-refractivity contribution in [2.24, 2.45) is 0 Å². The van der Waals surface area contributed by atoms with E-state index in [4.69, 9.17) is 5.73 Å². The lowest BCUT2D eigenvalue weighted by Gasteiger charge is -2.36. The fourth-order valence-corrected chi connectivity index (χ4v) is 2.97. The second-order valence-electron chi connectivity index (χ2n) is 5.07. The lowest BCUT2D eigenvalue weighted by Crippen LogP contribution is -2.37. The van der Waals surface area contributed by atoms with Gasteiger partial charge in [-0.1, -0.05) is 13.0 Å². The Labute approximate surface area is 113 Å². The minimum atomic E-state index is 0.475. The van der Waals surface area contributed by atoms with Gasteiger partial charge in [0.2, 0.25) is 0 Å². The van der Waals surface area contributed by atoms with E-state index in [0.717, 1.165) is 31.6 Å². The second-order valence-corrected chi connectivity index (χ2v) is 5.07. The van der Waals surface area contributed by atoms with Crippen LogP contribution in [0.1, 0.15) is 30.6 Å². The zero-order valence-electron chi connectivity index (χ0n) is 11.3. The van der Waals surface area contributed by atoms with Crippen LogP contribution in [0.15, 0.2) is 36.7 Å². The van der Waals surface area contributed by atoms with Crippen molar-refractivity contribution in [2.75, 3.05) is 12.3 Å². The number of fused-ring (bicyclic) bond motifs is 1. The molecular formula is C15H20N4. The van der Waals surface area contributed by atoms with Gasteiger partial charge in [-0.05, 0) is 24.6 Å². The molecule has 2 aromatic rings. The fraction of sp³-hybridized carbons (Fsp3) is 0.400. The molecule has 0 radical (unpaired) electrons. The van der Waals surface area contributed by atoms with Gasteiger partial charge in [0.25, 0.3) is 0 Å². The van der Waals surface area contributed by atoms with E-state index in [1.54, 1.807) is 6.20 Å². The van der Waals surface area contributed by atoms with E-state index in [1.165, 1.54) is 5.69 Å². The largest absolute Gasteiger partial charge is 0.383 e. The molecule has 0 spiro atoms. The van der Waals surface area contributed by atoms with Gasteiger partial charge in [0.1, 0.15) is 5.82 Å². The Balaban J connectivity index is 1.84. The predicted octanol–water partition coefficient (Wildman–Crippen LogP) is 2.43. The summed E-state index contributed by atoms with van der Waals surface area (Å²) in [6.45, 7) is 5.24. The Bertz CT molecular complexity index is 561. The Morgan fingerprint density at radius 1 is 1.32 bits per heavy atom. The fourth-order valence-electron chi connectivity index (χ4n) is 2.97. The Kier molecular flexibility index (Phi) is 3.25. The molecule has 2 N–H and O–H groups in total. The molecule has 0 aromatic carbocycles. The summed E-state index contributed by atoms with van der Waals surface area (Å²) in [5, 5.41) is 0. The van der Waals surface area contributed by atoms with Crippen LogP contribution in [-0.4, -0.2) is 21.0 Å². The van der Waals surface area contributed by atoms with Crippen LogP contribution < -0.4 is 5.73 Å². The van der Waals surface area contributed by atoms with E-state index in [9.17, 15) is 0 Å². The maximum Gasteiger partial charge on any atom is 0.127 e. The van der Waals surface area contributed by atoms with Gasteiger partial charge in [0, 0.05) is 43.3 Å². The monoisotopic (exact) mass is 256 g/mol. The number of hydrogen-bond acceptors (Lipinski definition) is 3. The molecule has 0 bridgehead atoms. The topological polar surface area (TPSA) is 47.1 Å². The van der Waals surface area contributed by atoms with Crippen LogP contribution in [0.3, 0.4) is 0 Å². The standard InChI is InChI=1S/C15H20N4/c1-2-13-14-6-4-8-18(14)9-10-19(13)11-12-5-3-7-17-15(12)16/h3-8,13H,2,9-11H2,1H3,(H2,16,17)/t13-/m1/s1. The lowest BCUT2D eigenvalue weighted by molar-refractivity contribution is 0.144. The quantitative estimate of drug-likeness (QED) is 0.917. The van der Waals surface area contributed by atoms with Crippen molar-refractivity contribution in [2.45, 2.75) is 32.5 Å². The maximum atomic E-state index is 5.96. The average molecular weight is 256 g/mol. The minimum Gasteiger partial charge on any atom is -0.383 e. The first-order chi connectivity index (χ1) is 9.29. The van der Waals surface area contributed by atoms with E-state index < -0.39 is 0 Å². The third-order valence-corrected chi connectivity index (χ3v) is 3.96. The van der Waals surface area contributed by atoms with Crippen LogP contribution in [0, 0.1) is 0 Å². The van der Waals surface area contributed by atoms with Crippen LogP contribution in [-0.2, 0) is 13.1 Å². The summed E-state index contributed by atoms with van der Waals surface area (Å²) in [5.74, 6) is 0.651. The second kappa shape index (κ2) is 5.05. The molecule has 2 aromatic heterocycles. The number of aromatic nitrogens is 2. The molecule has 4 nitrogen and oxygen atoms in total. The summed E-state index contributed by atoms with van der Waals surface area (Å²) in [6.07, 6.45) is 5.04. The Morgan fingerprint density at radius 3 is 3.00 bits per heavy atom. The van der Waals surface area contributed by atoms with Crippen LogP contribution in [0.2, 0.25) is 0 Å². The molecule has 1 aliphatic rings. The summed E-state index contributed by atoms with van der Waals surface area (Å²) in [7, 11) is 0. The molecule has 1 atom stereocenters. The van der Waals surface area contributed by atoms with Gasteiger partial charge in [-0.3, -0.25) is 4.90 Å². The van der Waals surface area contributed by atoms with Gasteiger partial charge >= 0.3 is 0 Å². The van der Waals surface area contributed by atoms with E-state index in [0.29, 0.717) is 11.9 Å². The molecule has 19 heavy (non-hydrogen) atoms. The van der Waals surface area contributed by atoms with Crippen molar-refractivity contribution in [3.63, 3.8) is 0 Å². The molecule has 0 fully saturated rings. The van der Waals surface area contributed by atoms with E-state index in [1.807, 2.05) is 6.07 Å². The molecule has 100 valence electrons. The third-order valence-electron chi connectivity index (χ3n) is 3.96. The summed E-state index contributed by atoms with van der Waals surface area (Å²) in [6, 6.07) is 8.87. The maximum absolute atomic E-state index is 5.96. The number of nitrogens with zero attached hydrogens (tertiary/aromatic N) is 3. The zero-order chi connectivity index (χ0) is 13.2. The average Bonchev–Trinajstić information content (AvgIpc) is 2.89. The molecule has 0 saturated heterocycles. The van der Waals surface area contributed by atoms with Crippen molar-refractivity contribution in [1.29, 1.82) is 0 Å². The van der Waals surface area contributed by atoms with Crippen molar-refractivity contribution >= 4 is 5.82 Å². The van der Waals surface area contributed by atoms with Crippen LogP contribution in [0.5, 0.6) is 0 Å². The molecule has 3 heterocycles. The van der Waals surface area contributed by atoms with Gasteiger partial charge in [-0.2, -0.15) is 0 Å². The summed E-state index contributed by atoms with van der Waals surface area (Å²) >= 11 is 0. The molecule has 0 saturated carbocycles. The lowest BCUT2D eigenvalue weighted by atomic mass is 10.1. The van der Waals surface area contributed by atoms with Gasteiger partial charge < -0.3 is 10.3 Å². The smallest absolute Gasteiger partial charge is 0.127 e. The molecule has 1 aliphatic heterocycles. The highest BCUT2D eigenvalue weighted by Gasteiger charge is 2.26. The van der Waals surface area contributed by atoms with Crippen LogP contribution in [0.25, 0.3) is 0 Å². The molecule has 0 aliphatic carbocycles. The number of rotatable bonds is 3.